The number of aromatic nitrogens is 2. The second-order valence-electron chi connectivity index (χ2n) is 2.33. The quantitative estimate of drug-likeness (QED) is 0.545. The van der Waals surface area contributed by atoms with E-state index in [-0.39, 0.29) is 6.61 Å². The largest absolute Gasteiger partial charge is 0.396 e. The standard InChI is InChI=1S/C7H12N4O/c8-6-4-9-5-11-7(6)10-2-1-3-12/h4-5,12H,1-3,8H2,(H,9,10,11). The smallest absolute Gasteiger partial charge is 0.152 e. The summed E-state index contributed by atoms with van der Waals surface area (Å²) in [7, 11) is 0. The van der Waals surface area contributed by atoms with Crippen molar-refractivity contribution in [1.82, 2.24) is 9.97 Å². The highest BCUT2D eigenvalue weighted by molar-refractivity contribution is 5.58. The Hall–Kier alpha value is -1.36. The van der Waals surface area contributed by atoms with Crippen molar-refractivity contribution in [3.8, 4) is 0 Å². The molecule has 12 heavy (non-hydrogen) atoms. The van der Waals surface area contributed by atoms with E-state index in [1.165, 1.54) is 12.5 Å². The monoisotopic (exact) mass is 168 g/mol. The number of hydrogen-bond donors (Lipinski definition) is 3. The maximum absolute atomic E-state index is 8.51. The number of nitrogen functional groups attached to an aromatic ring is 1. The summed E-state index contributed by atoms with van der Waals surface area (Å²) in [6.07, 6.45) is 3.65. The van der Waals surface area contributed by atoms with E-state index in [2.05, 4.69) is 15.3 Å². The van der Waals surface area contributed by atoms with Crippen molar-refractivity contribution in [1.29, 1.82) is 0 Å². The van der Waals surface area contributed by atoms with Crippen molar-refractivity contribution >= 4 is 11.5 Å². The highest BCUT2D eigenvalue weighted by atomic mass is 16.3. The van der Waals surface area contributed by atoms with Gasteiger partial charge in [-0.05, 0) is 6.42 Å². The van der Waals surface area contributed by atoms with Crippen LogP contribution in [0.2, 0.25) is 0 Å². The molecule has 1 aromatic rings. The number of nitrogens with two attached hydrogens (primary N) is 1. The number of aliphatic hydroxyl groups is 1. The maximum Gasteiger partial charge on any atom is 0.152 e. The fourth-order valence-electron chi connectivity index (χ4n) is 0.774. The Morgan fingerprint density at radius 3 is 3.08 bits per heavy atom. The fourth-order valence-corrected chi connectivity index (χ4v) is 0.774. The predicted molar refractivity (Wildman–Crippen MR) is 46.6 cm³/mol. The van der Waals surface area contributed by atoms with Gasteiger partial charge < -0.3 is 16.2 Å². The minimum Gasteiger partial charge on any atom is -0.396 e. The summed E-state index contributed by atoms with van der Waals surface area (Å²) in [4.78, 5) is 7.67. The molecule has 1 heterocycles. The lowest BCUT2D eigenvalue weighted by Crippen LogP contribution is -2.07. The first-order valence-corrected chi connectivity index (χ1v) is 3.75. The van der Waals surface area contributed by atoms with Crippen LogP contribution < -0.4 is 11.1 Å². The third-order valence-corrected chi connectivity index (χ3v) is 1.37. The van der Waals surface area contributed by atoms with E-state index in [1.54, 1.807) is 0 Å². The summed E-state index contributed by atoms with van der Waals surface area (Å²) in [6.45, 7) is 0.829. The molecule has 4 N–H and O–H groups in total. The van der Waals surface area contributed by atoms with Crippen molar-refractivity contribution in [3.05, 3.63) is 12.5 Å². The zero-order valence-electron chi connectivity index (χ0n) is 6.70. The van der Waals surface area contributed by atoms with Gasteiger partial charge in [-0.2, -0.15) is 0 Å². The van der Waals surface area contributed by atoms with Gasteiger partial charge >= 0.3 is 0 Å². The number of nitrogens with zero attached hydrogens (tertiary/aromatic N) is 2. The summed E-state index contributed by atoms with van der Waals surface area (Å²) < 4.78 is 0. The van der Waals surface area contributed by atoms with Crippen molar-refractivity contribution in [2.45, 2.75) is 6.42 Å². The van der Waals surface area contributed by atoms with Gasteiger partial charge in [-0.1, -0.05) is 0 Å². The minimum atomic E-state index is 0.165. The molecule has 0 aromatic carbocycles. The molecule has 66 valence electrons. The van der Waals surface area contributed by atoms with Gasteiger partial charge in [-0.15, -0.1) is 0 Å². The fraction of sp³-hybridized carbons (Fsp3) is 0.429. The van der Waals surface area contributed by atoms with Crippen molar-refractivity contribution in [2.24, 2.45) is 0 Å². The molecule has 0 atom stereocenters. The molecular formula is C7H12N4O. The first-order chi connectivity index (χ1) is 5.84. The Morgan fingerprint density at radius 2 is 2.42 bits per heavy atom. The highest BCUT2D eigenvalue weighted by Gasteiger charge is 1.96. The number of anilines is 2. The average molecular weight is 168 g/mol. The molecule has 0 saturated heterocycles. The summed E-state index contributed by atoms with van der Waals surface area (Å²) in [6, 6.07) is 0. The van der Waals surface area contributed by atoms with Gasteiger partial charge in [0.05, 0.1) is 11.9 Å². The molecule has 0 unspecified atom stereocenters. The molecule has 0 aliphatic carbocycles. The van der Waals surface area contributed by atoms with E-state index >= 15 is 0 Å². The lowest BCUT2D eigenvalue weighted by molar-refractivity contribution is 0.292. The SMILES string of the molecule is Nc1cncnc1NCCCO. The van der Waals surface area contributed by atoms with Crippen molar-refractivity contribution in [2.75, 3.05) is 24.2 Å². The van der Waals surface area contributed by atoms with E-state index in [4.69, 9.17) is 10.8 Å². The van der Waals surface area contributed by atoms with Gasteiger partial charge in [0.2, 0.25) is 0 Å². The van der Waals surface area contributed by atoms with E-state index in [1.807, 2.05) is 0 Å². The molecule has 5 heteroatoms. The van der Waals surface area contributed by atoms with Gasteiger partial charge in [0.15, 0.2) is 5.82 Å². The van der Waals surface area contributed by atoms with Gasteiger partial charge in [0.25, 0.3) is 0 Å². The van der Waals surface area contributed by atoms with E-state index in [0.717, 1.165) is 0 Å². The number of hydrogen-bond acceptors (Lipinski definition) is 5. The molecule has 1 rings (SSSR count). The van der Waals surface area contributed by atoms with Crippen LogP contribution in [0.1, 0.15) is 6.42 Å². The van der Waals surface area contributed by atoms with Gasteiger partial charge in [0.1, 0.15) is 6.33 Å². The lowest BCUT2D eigenvalue weighted by atomic mass is 10.4. The molecule has 0 bridgehead atoms. The third-order valence-electron chi connectivity index (χ3n) is 1.37. The third kappa shape index (κ3) is 2.35. The Balaban J connectivity index is 2.46. The average Bonchev–Trinajstić information content (AvgIpc) is 2.09. The van der Waals surface area contributed by atoms with Crippen LogP contribution in [0, 0.1) is 0 Å². The summed E-state index contributed by atoms with van der Waals surface area (Å²) in [5.41, 5.74) is 6.08. The van der Waals surface area contributed by atoms with Crippen LogP contribution in [0.15, 0.2) is 12.5 Å². The Bertz CT molecular complexity index is 241. The first-order valence-electron chi connectivity index (χ1n) is 3.75. The van der Waals surface area contributed by atoms with Crippen molar-refractivity contribution < 1.29 is 5.11 Å². The van der Waals surface area contributed by atoms with Crippen LogP contribution in [0.25, 0.3) is 0 Å². The zero-order chi connectivity index (χ0) is 8.81. The Labute approximate surface area is 70.6 Å². The molecule has 5 nitrogen and oxygen atoms in total. The molecule has 0 amide bonds. The van der Waals surface area contributed by atoms with Crippen LogP contribution in [0.5, 0.6) is 0 Å². The number of nitrogens with one attached hydrogen (secondary N) is 1. The molecule has 0 aliphatic heterocycles. The van der Waals surface area contributed by atoms with Crippen LogP contribution in [-0.4, -0.2) is 28.2 Å². The summed E-state index contributed by atoms with van der Waals surface area (Å²) >= 11 is 0. The summed E-state index contributed by atoms with van der Waals surface area (Å²) in [5, 5.41) is 11.5. The van der Waals surface area contributed by atoms with E-state index < -0.39 is 0 Å². The molecule has 0 aliphatic rings. The minimum absolute atomic E-state index is 0.165. The van der Waals surface area contributed by atoms with Gasteiger partial charge in [-0.25, -0.2) is 9.97 Å². The van der Waals surface area contributed by atoms with Crippen LogP contribution >= 0.6 is 0 Å². The molecule has 0 fully saturated rings. The second kappa shape index (κ2) is 4.50. The Kier molecular flexibility index (Phi) is 3.28. The molecular weight excluding hydrogens is 156 g/mol. The van der Waals surface area contributed by atoms with E-state index in [9.17, 15) is 0 Å². The molecule has 0 saturated carbocycles. The van der Waals surface area contributed by atoms with Gasteiger partial charge in [0, 0.05) is 13.2 Å². The van der Waals surface area contributed by atoms with E-state index in [0.29, 0.717) is 24.5 Å². The lowest BCUT2D eigenvalue weighted by Gasteiger charge is -2.05. The first kappa shape index (κ1) is 8.73. The van der Waals surface area contributed by atoms with Crippen molar-refractivity contribution in [3.63, 3.8) is 0 Å². The second-order valence-corrected chi connectivity index (χ2v) is 2.33. The topological polar surface area (TPSA) is 84.1 Å². The van der Waals surface area contributed by atoms with Gasteiger partial charge in [-0.3, -0.25) is 0 Å². The predicted octanol–water partition coefficient (Wildman–Crippen LogP) is -0.147. The molecule has 1 aromatic heterocycles. The summed E-state index contributed by atoms with van der Waals surface area (Å²) in [5.74, 6) is 0.624. The molecule has 0 spiro atoms. The highest BCUT2D eigenvalue weighted by Crippen LogP contribution is 2.10. The maximum atomic E-state index is 8.51. The zero-order valence-corrected chi connectivity index (χ0v) is 6.70. The number of rotatable bonds is 4. The number of aliphatic hydroxyl groups excluding tert-OH is 1. The van der Waals surface area contributed by atoms with Crippen LogP contribution in [0.4, 0.5) is 11.5 Å². The molecule has 0 radical (unpaired) electrons. The van der Waals surface area contributed by atoms with Crippen LogP contribution in [0.3, 0.4) is 0 Å². The Morgan fingerprint density at radius 1 is 1.58 bits per heavy atom. The normalized spacial score (nSPS) is 9.75. The van der Waals surface area contributed by atoms with Crippen LogP contribution in [-0.2, 0) is 0 Å².